The van der Waals surface area contributed by atoms with Crippen LogP contribution in [-0.2, 0) is 9.53 Å². The average molecular weight is 309 g/mol. The Morgan fingerprint density at radius 1 is 0.864 bits per heavy atom. The summed E-state index contributed by atoms with van der Waals surface area (Å²) in [5, 5.41) is 0. The Bertz CT molecular complexity index is 271. The highest BCUT2D eigenvalue weighted by Gasteiger charge is 1.96. The summed E-state index contributed by atoms with van der Waals surface area (Å²) in [5.74, 6) is 0.212. The van der Waals surface area contributed by atoms with E-state index in [0.717, 1.165) is 58.0 Å². The van der Waals surface area contributed by atoms with Crippen LogP contribution in [0.1, 0.15) is 77.6 Å². The third-order valence-electron chi connectivity index (χ3n) is 3.79. The Hall–Kier alpha value is -0.890. The highest BCUT2D eigenvalue weighted by molar-refractivity contribution is 5.52. The van der Waals surface area contributed by atoms with Crippen molar-refractivity contribution in [2.75, 3.05) is 13.2 Å². The molecule has 2 nitrogen and oxygen atoms in total. The second-order valence-corrected chi connectivity index (χ2v) is 6.12. The number of hydrogen-bond acceptors (Lipinski definition) is 2. The Morgan fingerprint density at radius 3 is 2.23 bits per heavy atom. The molecule has 0 heterocycles. The molecular weight excluding hydrogens is 272 g/mol. The van der Waals surface area contributed by atoms with Crippen LogP contribution in [0, 0.1) is 5.92 Å². The van der Waals surface area contributed by atoms with Gasteiger partial charge in [0.1, 0.15) is 6.29 Å². The van der Waals surface area contributed by atoms with Gasteiger partial charge in [-0.05, 0) is 51.4 Å². The van der Waals surface area contributed by atoms with Gasteiger partial charge in [-0.1, -0.05) is 44.4 Å². The molecule has 128 valence electrons. The van der Waals surface area contributed by atoms with Crippen molar-refractivity contribution in [3.63, 3.8) is 0 Å². The first-order valence-electron chi connectivity index (χ1n) is 9.10. The van der Waals surface area contributed by atoms with E-state index in [1.165, 1.54) is 32.1 Å². The first-order valence-corrected chi connectivity index (χ1v) is 9.10. The van der Waals surface area contributed by atoms with Gasteiger partial charge >= 0.3 is 0 Å². The minimum absolute atomic E-state index is 0.212. The fraction of sp³-hybridized carbons (Fsp3) is 0.750. The zero-order chi connectivity index (χ0) is 16.3. The number of ether oxygens (including phenoxy) is 1. The summed E-state index contributed by atoms with van der Waals surface area (Å²) in [6.45, 7) is 7.51. The van der Waals surface area contributed by atoms with Gasteiger partial charge in [0.05, 0.1) is 0 Å². The average Bonchev–Trinajstić information content (AvgIpc) is 2.54. The second kappa shape index (κ2) is 18.2. The van der Waals surface area contributed by atoms with E-state index in [2.05, 4.69) is 18.7 Å². The highest BCUT2D eigenvalue weighted by Crippen LogP contribution is 2.07. The van der Waals surface area contributed by atoms with Crippen LogP contribution in [0.2, 0.25) is 0 Å². The minimum Gasteiger partial charge on any atom is -0.381 e. The maximum atomic E-state index is 10.5. The van der Waals surface area contributed by atoms with Gasteiger partial charge in [0, 0.05) is 19.1 Å². The van der Waals surface area contributed by atoms with E-state index in [9.17, 15) is 4.79 Å². The van der Waals surface area contributed by atoms with Crippen LogP contribution in [0.3, 0.4) is 0 Å². The lowest BCUT2D eigenvalue weighted by atomic mass is 10.1. The van der Waals surface area contributed by atoms with E-state index in [-0.39, 0.29) is 5.92 Å². The summed E-state index contributed by atoms with van der Waals surface area (Å²) in [4.78, 5) is 10.5. The lowest BCUT2D eigenvalue weighted by molar-refractivity contribution is -0.110. The van der Waals surface area contributed by atoms with Crippen molar-refractivity contribution in [3.05, 3.63) is 24.8 Å². The molecule has 0 N–H and O–H groups in total. The van der Waals surface area contributed by atoms with E-state index >= 15 is 0 Å². The van der Waals surface area contributed by atoms with E-state index in [4.69, 9.17) is 4.74 Å². The number of rotatable bonds is 17. The third kappa shape index (κ3) is 17.2. The molecule has 0 spiro atoms. The molecule has 0 fully saturated rings. The van der Waals surface area contributed by atoms with Gasteiger partial charge < -0.3 is 9.53 Å². The summed E-state index contributed by atoms with van der Waals surface area (Å²) in [6.07, 6.45) is 20.5. The predicted octanol–water partition coefficient (Wildman–Crippen LogP) is 5.87. The molecule has 0 saturated carbocycles. The molecule has 0 saturated heterocycles. The van der Waals surface area contributed by atoms with Crippen LogP contribution >= 0.6 is 0 Å². The van der Waals surface area contributed by atoms with Gasteiger partial charge in [-0.25, -0.2) is 0 Å². The molecular formula is C20H36O2. The molecule has 0 aromatic rings. The van der Waals surface area contributed by atoms with Crippen LogP contribution in [0.25, 0.3) is 0 Å². The summed E-state index contributed by atoms with van der Waals surface area (Å²) in [7, 11) is 0. The van der Waals surface area contributed by atoms with E-state index in [1.54, 1.807) is 0 Å². The zero-order valence-corrected chi connectivity index (χ0v) is 14.6. The molecule has 1 atom stereocenters. The molecule has 0 bridgehead atoms. The smallest absolute Gasteiger partial charge is 0.122 e. The number of carbonyl (C=O) groups is 1. The SMILES string of the molecule is C=CCCCCCCCOCCC/C=C\CCC[C@H](C)C=O. The molecule has 0 aliphatic carbocycles. The van der Waals surface area contributed by atoms with Crippen LogP contribution in [-0.4, -0.2) is 19.5 Å². The van der Waals surface area contributed by atoms with Crippen LogP contribution < -0.4 is 0 Å². The van der Waals surface area contributed by atoms with E-state index < -0.39 is 0 Å². The monoisotopic (exact) mass is 308 g/mol. The molecule has 0 aliphatic heterocycles. The van der Waals surface area contributed by atoms with Crippen molar-refractivity contribution < 1.29 is 9.53 Å². The number of allylic oxidation sites excluding steroid dienone is 3. The summed E-state index contributed by atoms with van der Waals surface area (Å²) in [5.41, 5.74) is 0. The fourth-order valence-corrected chi connectivity index (χ4v) is 2.29. The van der Waals surface area contributed by atoms with Crippen molar-refractivity contribution in [1.82, 2.24) is 0 Å². The van der Waals surface area contributed by atoms with Crippen molar-refractivity contribution in [1.29, 1.82) is 0 Å². The first-order chi connectivity index (χ1) is 10.8. The van der Waals surface area contributed by atoms with Gasteiger partial charge in [0.2, 0.25) is 0 Å². The van der Waals surface area contributed by atoms with Gasteiger partial charge in [0.25, 0.3) is 0 Å². The zero-order valence-electron chi connectivity index (χ0n) is 14.6. The Balaban J connectivity index is 3.10. The van der Waals surface area contributed by atoms with Crippen molar-refractivity contribution in [3.8, 4) is 0 Å². The molecule has 0 aliphatic rings. The largest absolute Gasteiger partial charge is 0.381 e. The topological polar surface area (TPSA) is 26.3 Å². The third-order valence-corrected chi connectivity index (χ3v) is 3.79. The maximum absolute atomic E-state index is 10.5. The summed E-state index contributed by atoms with van der Waals surface area (Å²) >= 11 is 0. The second-order valence-electron chi connectivity index (χ2n) is 6.12. The van der Waals surface area contributed by atoms with Gasteiger partial charge in [0.15, 0.2) is 0 Å². The standard InChI is InChI=1S/C20H36O2/c1-3-4-5-6-8-11-14-17-22-18-15-12-9-7-10-13-16-20(2)19-21/h3,7,9,19-20H,1,4-6,8,10-18H2,2H3/b9-7-/t20-/m0/s1. The molecule has 0 radical (unpaired) electrons. The quantitative estimate of drug-likeness (QED) is 0.191. The van der Waals surface area contributed by atoms with Crippen LogP contribution in [0.5, 0.6) is 0 Å². The summed E-state index contributed by atoms with van der Waals surface area (Å²) < 4.78 is 5.65. The maximum Gasteiger partial charge on any atom is 0.122 e. The van der Waals surface area contributed by atoms with Gasteiger partial charge in [-0.3, -0.25) is 0 Å². The van der Waals surface area contributed by atoms with Crippen molar-refractivity contribution in [2.45, 2.75) is 77.6 Å². The van der Waals surface area contributed by atoms with Gasteiger partial charge in [-0.15, -0.1) is 6.58 Å². The fourth-order valence-electron chi connectivity index (χ4n) is 2.29. The summed E-state index contributed by atoms with van der Waals surface area (Å²) in [6, 6.07) is 0. The minimum atomic E-state index is 0.212. The Morgan fingerprint density at radius 2 is 1.50 bits per heavy atom. The molecule has 2 heteroatoms. The lowest BCUT2D eigenvalue weighted by Gasteiger charge is -2.03. The lowest BCUT2D eigenvalue weighted by Crippen LogP contribution is -1.96. The predicted molar refractivity (Wildman–Crippen MR) is 96.2 cm³/mol. The number of unbranched alkanes of at least 4 members (excludes halogenated alkanes) is 7. The Labute approximate surface area is 138 Å². The number of hydrogen-bond donors (Lipinski definition) is 0. The molecule has 0 amide bonds. The normalized spacial score (nSPS) is 12.6. The van der Waals surface area contributed by atoms with E-state index in [1.807, 2.05) is 13.0 Å². The number of carbonyl (C=O) groups excluding carboxylic acids is 1. The molecule has 22 heavy (non-hydrogen) atoms. The molecule has 0 aromatic carbocycles. The highest BCUT2D eigenvalue weighted by atomic mass is 16.5. The van der Waals surface area contributed by atoms with Crippen LogP contribution in [0.4, 0.5) is 0 Å². The Kier molecular flexibility index (Phi) is 17.4. The molecule has 0 aromatic heterocycles. The molecule has 0 rings (SSSR count). The van der Waals surface area contributed by atoms with Crippen molar-refractivity contribution >= 4 is 6.29 Å². The first kappa shape index (κ1) is 21.1. The number of aldehydes is 1. The van der Waals surface area contributed by atoms with Gasteiger partial charge in [-0.2, -0.15) is 0 Å². The van der Waals surface area contributed by atoms with Crippen molar-refractivity contribution in [2.24, 2.45) is 5.92 Å². The molecule has 0 unspecified atom stereocenters. The van der Waals surface area contributed by atoms with E-state index in [0.29, 0.717) is 0 Å². The van der Waals surface area contributed by atoms with Crippen LogP contribution in [0.15, 0.2) is 24.8 Å².